The molecule has 8 heteroatoms. The Morgan fingerprint density at radius 3 is 0.764 bits per heavy atom. The Hall–Kier alpha value is -17.5. The highest BCUT2D eigenvalue weighted by Gasteiger charge is 2.48. The molecule has 0 unspecified atom stereocenters. The smallest absolute Gasteiger partial charge is 0.164 e. The summed E-state index contributed by atoms with van der Waals surface area (Å²) >= 11 is 0. The van der Waals surface area contributed by atoms with E-state index in [4.69, 9.17) is 29.9 Å². The Morgan fingerprint density at radius 1 is 0.193 bits per heavy atom. The fourth-order valence-corrected chi connectivity index (χ4v) is 21.7. The van der Waals surface area contributed by atoms with E-state index in [1.54, 1.807) is 0 Å². The van der Waals surface area contributed by atoms with Gasteiger partial charge in [0.05, 0.1) is 16.5 Å². The fourth-order valence-electron chi connectivity index (χ4n) is 21.7. The van der Waals surface area contributed by atoms with E-state index in [0.29, 0.717) is 46.8 Å². The Bertz CT molecular complexity index is 8270. The van der Waals surface area contributed by atoms with Crippen LogP contribution >= 0.6 is 0 Å². The van der Waals surface area contributed by atoms with Crippen molar-refractivity contribution in [2.24, 2.45) is 11.8 Å². The molecule has 0 saturated heterocycles. The van der Waals surface area contributed by atoms with Crippen LogP contribution in [-0.4, -0.2) is 29.9 Å². The van der Waals surface area contributed by atoms with Crippen molar-refractivity contribution in [2.75, 3.05) is 9.80 Å². The van der Waals surface area contributed by atoms with Crippen molar-refractivity contribution >= 4 is 88.0 Å². The fraction of sp³-hybridized carbons (Fsp3) is 0.0758. The van der Waals surface area contributed by atoms with Gasteiger partial charge >= 0.3 is 0 Å². The quantitative estimate of drug-likeness (QED) is 0.0746. The lowest BCUT2D eigenvalue weighted by atomic mass is 9.67. The highest BCUT2D eigenvalue weighted by molar-refractivity contribution is 6.00. The van der Waals surface area contributed by atoms with Gasteiger partial charge in [0, 0.05) is 67.2 Å². The van der Waals surface area contributed by atoms with E-state index in [1.807, 2.05) is 0 Å². The van der Waals surface area contributed by atoms with Crippen molar-refractivity contribution in [1.29, 1.82) is 0 Å². The van der Waals surface area contributed by atoms with Gasteiger partial charge in [-0.25, -0.2) is 29.9 Å². The normalized spacial score (nSPS) is 12.6. The molecule has 0 fully saturated rings. The van der Waals surface area contributed by atoms with Crippen molar-refractivity contribution in [3.05, 3.63) is 541 Å². The maximum absolute atomic E-state index is 5.23. The van der Waals surface area contributed by atoms with Gasteiger partial charge in [0.25, 0.3) is 0 Å². The maximum atomic E-state index is 5.23. The van der Waals surface area contributed by atoms with E-state index in [1.165, 1.54) is 110 Å². The van der Waals surface area contributed by atoms with Crippen LogP contribution in [0.25, 0.3) is 144 Å². The lowest BCUT2D eigenvalue weighted by molar-refractivity contribution is 0.647. The summed E-state index contributed by atoms with van der Waals surface area (Å²) < 4.78 is 0. The van der Waals surface area contributed by atoms with E-state index in [0.717, 1.165) is 102 Å². The molecule has 0 atom stereocenters. The molecule has 25 rings (SSSR count). The molecule has 8 nitrogen and oxygen atoms in total. The number of anilines is 6. The van der Waals surface area contributed by atoms with Gasteiger partial charge in [-0.15, -0.1) is 0 Å². The molecule has 140 heavy (non-hydrogen) atoms. The molecule has 0 spiro atoms. The van der Waals surface area contributed by atoms with E-state index >= 15 is 0 Å². The highest BCUT2D eigenvalue weighted by atomic mass is 15.2. The molecular weight excluding hydrogens is 1700 g/mol. The average Bonchev–Trinajstić information content (AvgIpc) is 1.54. The van der Waals surface area contributed by atoms with Crippen molar-refractivity contribution in [2.45, 2.75) is 51.4 Å². The van der Waals surface area contributed by atoms with Gasteiger partial charge in [-0.05, 0) is 242 Å². The minimum Gasteiger partial charge on any atom is -0.311 e. The molecule has 21 aromatic carbocycles. The summed E-state index contributed by atoms with van der Waals surface area (Å²) in [6.45, 7) is 9.13. The molecule has 666 valence electrons. The van der Waals surface area contributed by atoms with Gasteiger partial charge < -0.3 is 9.80 Å². The first-order valence-electron chi connectivity index (χ1n) is 48.6. The monoisotopic (exact) mass is 1790 g/mol. The lowest BCUT2D eigenvalue weighted by Gasteiger charge is -2.34. The van der Waals surface area contributed by atoms with Crippen LogP contribution in [-0.2, 0) is 23.7 Å². The number of rotatable bonds is 20. The topological polar surface area (TPSA) is 83.8 Å². The third-order valence-corrected chi connectivity index (χ3v) is 28.2. The minimum absolute atomic E-state index is 0.592. The molecule has 2 heterocycles. The van der Waals surface area contributed by atoms with Crippen LogP contribution in [0.1, 0.15) is 83.3 Å². The Kier molecular flexibility index (Phi) is 22.2. The number of hydrogen-bond donors (Lipinski definition) is 0. The van der Waals surface area contributed by atoms with Crippen molar-refractivity contribution in [3.63, 3.8) is 0 Å². The zero-order valence-electron chi connectivity index (χ0n) is 78.3. The third kappa shape index (κ3) is 15.7. The zero-order valence-corrected chi connectivity index (χ0v) is 78.3. The Morgan fingerprint density at radius 2 is 0.436 bits per heavy atom. The summed E-state index contributed by atoms with van der Waals surface area (Å²) in [5.41, 5.74) is 28.6. The number of para-hydroxylation sites is 1. The minimum atomic E-state index is -0.604. The SMILES string of the molecule is CC(C)Cc1ccc(N(c2ccc(CC(C)C)cc2)c2ccc(C3(c4ccc(-c5nc(-c6ccc7ccccc7c6)nc(-c6ccc7ccccc7c6)n5)cc4)c4ccccc4-c4ccccc43)cc2)cc1.c1ccc(N(c2ccc(C3(c4ccc(-c5nc(-c6ccc7ccccc7c6)nc(-c6ccc7ccccc7c6)n5)cc4)c4ccccc4-c4ccccc43)cc2)c2cccc3ccccc23)cc1. The summed E-state index contributed by atoms with van der Waals surface area (Å²) in [7, 11) is 0. The van der Waals surface area contributed by atoms with E-state index in [-0.39, 0.29) is 0 Å². The molecule has 0 radical (unpaired) electrons. The van der Waals surface area contributed by atoms with Gasteiger partial charge in [0.1, 0.15) is 0 Å². The standard InChI is InChI=1S/C68H56N4.C64H42N4/c1-45(2)41-47-21-35-58(36-22-47)72(59-37-23-48(24-38-59)42-46(3)4)60-39-33-57(34-40-60)68(63-19-11-9-17-61(63)62-18-10-12-20-64(62)68)56-31-29-51(30-32-56)65-69-66(54-27-25-49-13-5-7-15-52(49)43-54)71-67(70-65)55-28-26-50-14-6-8-16-53(50)44-55;1-2-21-53(22-3-1)68(60-28-14-20-45-17-8-9-23-55(45)60)54-39-37-52(38-40-54)64(58-26-12-10-24-56(58)57-25-11-13-27-59(57)64)51-35-33-46(34-36-51)61-65-62(49-31-29-43-15-4-6-18-47(43)41-49)67-63(66-61)50-32-30-44-16-5-7-19-48(44)42-50/h5-40,43-46H,41-42H2,1-4H3;1-42H. The summed E-state index contributed by atoms with van der Waals surface area (Å²) in [4.78, 5) is 35.9. The third-order valence-electron chi connectivity index (χ3n) is 28.2. The van der Waals surface area contributed by atoms with E-state index < -0.39 is 10.8 Å². The second-order valence-electron chi connectivity index (χ2n) is 37.8. The number of nitrogens with zero attached hydrogens (tertiary/aromatic N) is 8. The number of benzene rings is 21. The molecule has 2 aliphatic rings. The van der Waals surface area contributed by atoms with E-state index in [9.17, 15) is 0 Å². The summed E-state index contributed by atoms with van der Waals surface area (Å²) in [6, 6.07) is 176. The number of fused-ring (bicyclic) bond motifs is 11. The van der Waals surface area contributed by atoms with Crippen molar-refractivity contribution in [3.8, 4) is 90.6 Å². The molecule has 0 saturated carbocycles. The predicted molar refractivity (Wildman–Crippen MR) is 581 cm³/mol. The Balaban J connectivity index is 0.000000152. The molecule has 0 amide bonds. The van der Waals surface area contributed by atoms with Crippen LogP contribution in [0.15, 0.2) is 485 Å². The van der Waals surface area contributed by atoms with Crippen molar-refractivity contribution in [1.82, 2.24) is 29.9 Å². The van der Waals surface area contributed by atoms with Crippen LogP contribution in [0.5, 0.6) is 0 Å². The molecule has 2 aromatic heterocycles. The molecule has 0 bridgehead atoms. The van der Waals surface area contributed by atoms with E-state index in [2.05, 4.69) is 523 Å². The van der Waals surface area contributed by atoms with Crippen LogP contribution in [0.4, 0.5) is 34.1 Å². The van der Waals surface area contributed by atoms with Gasteiger partial charge in [-0.3, -0.25) is 0 Å². The molecule has 23 aromatic rings. The zero-order chi connectivity index (χ0) is 93.8. The van der Waals surface area contributed by atoms with Gasteiger partial charge in [0.15, 0.2) is 34.9 Å². The molecule has 0 N–H and O–H groups in total. The second kappa shape index (κ2) is 36.3. The van der Waals surface area contributed by atoms with Crippen LogP contribution < -0.4 is 9.80 Å². The lowest BCUT2D eigenvalue weighted by Crippen LogP contribution is -2.28. The summed E-state index contributed by atoms with van der Waals surface area (Å²) in [5, 5.41) is 11.7. The van der Waals surface area contributed by atoms with Crippen LogP contribution in [0.3, 0.4) is 0 Å². The van der Waals surface area contributed by atoms with Crippen LogP contribution in [0, 0.1) is 11.8 Å². The number of hydrogen-bond acceptors (Lipinski definition) is 8. The predicted octanol–water partition coefficient (Wildman–Crippen LogP) is 33.6. The second-order valence-corrected chi connectivity index (χ2v) is 37.8. The average molecular weight is 1800 g/mol. The molecule has 2 aliphatic carbocycles. The first kappa shape index (κ1) is 85.5. The first-order chi connectivity index (χ1) is 69.0. The van der Waals surface area contributed by atoms with Gasteiger partial charge in [-0.2, -0.15) is 0 Å². The Labute approximate surface area is 816 Å². The summed E-state index contributed by atoms with van der Waals surface area (Å²) in [5.74, 6) is 4.98. The summed E-state index contributed by atoms with van der Waals surface area (Å²) in [6.07, 6.45) is 2.11. The largest absolute Gasteiger partial charge is 0.311 e. The van der Waals surface area contributed by atoms with Crippen molar-refractivity contribution < 1.29 is 0 Å². The molecular formula is C132H98N8. The first-order valence-corrected chi connectivity index (χ1v) is 48.6. The highest BCUT2D eigenvalue weighted by Crippen LogP contribution is 2.59. The maximum Gasteiger partial charge on any atom is 0.164 e. The van der Waals surface area contributed by atoms with Gasteiger partial charge in [-0.1, -0.05) is 422 Å². The molecule has 0 aliphatic heterocycles. The number of aromatic nitrogens is 6. The van der Waals surface area contributed by atoms with Crippen LogP contribution in [0.2, 0.25) is 0 Å². The van der Waals surface area contributed by atoms with Gasteiger partial charge in [0.2, 0.25) is 0 Å².